The van der Waals surface area contributed by atoms with Crippen molar-refractivity contribution in [3.63, 3.8) is 0 Å². The summed E-state index contributed by atoms with van der Waals surface area (Å²) in [6, 6.07) is 19.1. The summed E-state index contributed by atoms with van der Waals surface area (Å²) in [7, 11) is 3.58. The molecule has 202 valence electrons. The highest BCUT2D eigenvalue weighted by Crippen LogP contribution is 2.29. The van der Waals surface area contributed by atoms with Crippen molar-refractivity contribution in [2.24, 2.45) is 0 Å². The Labute approximate surface area is 227 Å². The first kappa shape index (κ1) is 27.2. The molecule has 10 nitrogen and oxygen atoms in total. The molecule has 0 saturated carbocycles. The number of pyridine rings is 1. The minimum Gasteiger partial charge on any atom is -0.497 e. The summed E-state index contributed by atoms with van der Waals surface area (Å²) in [5, 5.41) is 14.4. The van der Waals surface area contributed by atoms with Gasteiger partial charge in [0, 0.05) is 44.3 Å². The molecule has 0 radical (unpaired) electrons. The van der Waals surface area contributed by atoms with Crippen LogP contribution in [-0.2, 0) is 19.4 Å². The number of methoxy groups -OCH3 is 1. The molecule has 0 aliphatic carbocycles. The second kappa shape index (κ2) is 13.1. The third-order valence-corrected chi connectivity index (χ3v) is 6.05. The van der Waals surface area contributed by atoms with E-state index in [1.165, 1.54) is 0 Å². The number of hydrogen-bond donors (Lipinski definition) is 3. The first-order valence-corrected chi connectivity index (χ1v) is 12.6. The molecule has 0 atom stereocenters. The van der Waals surface area contributed by atoms with E-state index in [0.717, 1.165) is 34.5 Å². The number of aromatic nitrogens is 3. The fourth-order valence-corrected chi connectivity index (χ4v) is 3.78. The highest BCUT2D eigenvalue weighted by Gasteiger charge is 2.12. The number of carboxylic acid groups (broad SMARTS) is 1. The first-order valence-electron chi connectivity index (χ1n) is 12.6. The van der Waals surface area contributed by atoms with E-state index in [2.05, 4.69) is 27.5 Å². The number of anilines is 3. The molecule has 0 aliphatic heterocycles. The predicted molar refractivity (Wildman–Crippen MR) is 150 cm³/mol. The number of nitrogens with one attached hydrogen (secondary N) is 2. The number of benzene rings is 2. The van der Waals surface area contributed by atoms with Gasteiger partial charge in [-0.3, -0.25) is 0 Å². The molecule has 4 rings (SSSR count). The van der Waals surface area contributed by atoms with Crippen molar-refractivity contribution in [1.82, 2.24) is 20.3 Å². The van der Waals surface area contributed by atoms with Gasteiger partial charge in [-0.1, -0.05) is 19.1 Å². The topological polar surface area (TPSA) is 122 Å². The van der Waals surface area contributed by atoms with Crippen LogP contribution in [0.25, 0.3) is 0 Å². The number of amides is 1. The number of ether oxygens (including phenoxy) is 2. The largest absolute Gasteiger partial charge is 0.497 e. The number of aryl methyl sites for hydroxylation is 1. The van der Waals surface area contributed by atoms with Crippen LogP contribution in [0, 0.1) is 0 Å². The second-order valence-corrected chi connectivity index (χ2v) is 8.78. The standard InChI is InChI=1S/C29H32N6O4/c1-4-20-17-31-28(32-18-20)33-19-22-15-26(35(2)23-7-11-24(38-3)12-8-23)34-27(16-22)39-25-9-5-21(6-10-25)13-14-30-29(36)37/h5-12,15-18,30H,4,13-14,19H2,1-3H3,(H,36,37)(H,31,32,33). The Balaban J connectivity index is 1.54. The lowest BCUT2D eigenvalue weighted by molar-refractivity contribution is 0.194. The van der Waals surface area contributed by atoms with Gasteiger partial charge < -0.3 is 30.1 Å². The molecular formula is C29H32N6O4. The average Bonchev–Trinajstić information content (AvgIpc) is 2.96. The van der Waals surface area contributed by atoms with Crippen LogP contribution in [0.15, 0.2) is 73.1 Å². The van der Waals surface area contributed by atoms with E-state index in [1.54, 1.807) is 7.11 Å². The quantitative estimate of drug-likeness (QED) is 0.221. The van der Waals surface area contributed by atoms with Crippen LogP contribution in [0.3, 0.4) is 0 Å². The van der Waals surface area contributed by atoms with Gasteiger partial charge in [0.2, 0.25) is 11.8 Å². The van der Waals surface area contributed by atoms with Crippen LogP contribution >= 0.6 is 0 Å². The van der Waals surface area contributed by atoms with Gasteiger partial charge in [-0.15, -0.1) is 0 Å². The van der Waals surface area contributed by atoms with Crippen molar-refractivity contribution in [3.05, 3.63) is 89.7 Å². The van der Waals surface area contributed by atoms with Gasteiger partial charge in [0.15, 0.2) is 0 Å². The Bertz CT molecular complexity index is 1360. The number of hydrogen-bond acceptors (Lipinski definition) is 8. The molecule has 0 spiro atoms. The highest BCUT2D eigenvalue weighted by atomic mass is 16.5. The van der Waals surface area contributed by atoms with E-state index < -0.39 is 6.09 Å². The Morgan fingerprint density at radius 1 is 0.949 bits per heavy atom. The maximum absolute atomic E-state index is 10.7. The van der Waals surface area contributed by atoms with Gasteiger partial charge in [0.05, 0.1) is 7.11 Å². The zero-order valence-corrected chi connectivity index (χ0v) is 22.2. The number of carbonyl (C=O) groups is 1. The van der Waals surface area contributed by atoms with Crippen molar-refractivity contribution in [1.29, 1.82) is 0 Å². The molecular weight excluding hydrogens is 496 g/mol. The smallest absolute Gasteiger partial charge is 0.404 e. The highest BCUT2D eigenvalue weighted by molar-refractivity contribution is 5.64. The molecule has 4 aromatic rings. The van der Waals surface area contributed by atoms with E-state index >= 15 is 0 Å². The summed E-state index contributed by atoms with van der Waals surface area (Å²) in [6.45, 7) is 2.89. The summed E-state index contributed by atoms with van der Waals surface area (Å²) in [5.41, 5.74) is 3.95. The molecule has 2 aromatic carbocycles. The van der Waals surface area contributed by atoms with Gasteiger partial charge in [-0.2, -0.15) is 4.98 Å². The molecule has 2 aromatic heterocycles. The minimum absolute atomic E-state index is 0.345. The molecule has 0 unspecified atom stereocenters. The Morgan fingerprint density at radius 2 is 1.64 bits per heavy atom. The van der Waals surface area contributed by atoms with Crippen LogP contribution in [0.4, 0.5) is 22.2 Å². The summed E-state index contributed by atoms with van der Waals surface area (Å²) >= 11 is 0. The van der Waals surface area contributed by atoms with Crippen molar-refractivity contribution >= 4 is 23.5 Å². The fourth-order valence-electron chi connectivity index (χ4n) is 3.78. The van der Waals surface area contributed by atoms with E-state index in [1.807, 2.05) is 85.0 Å². The van der Waals surface area contributed by atoms with Gasteiger partial charge in [-0.25, -0.2) is 14.8 Å². The van der Waals surface area contributed by atoms with Crippen molar-refractivity contribution < 1.29 is 19.4 Å². The van der Waals surface area contributed by atoms with Crippen LogP contribution in [-0.4, -0.2) is 46.9 Å². The van der Waals surface area contributed by atoms with Gasteiger partial charge >= 0.3 is 6.09 Å². The Hall–Kier alpha value is -4.86. The molecule has 39 heavy (non-hydrogen) atoms. The summed E-state index contributed by atoms with van der Waals surface area (Å²) in [6.07, 6.45) is 4.08. The minimum atomic E-state index is -1.03. The summed E-state index contributed by atoms with van der Waals surface area (Å²) < 4.78 is 11.4. The third kappa shape index (κ3) is 7.81. The molecule has 0 saturated heterocycles. The summed E-state index contributed by atoms with van der Waals surface area (Å²) in [4.78, 5) is 26.2. The van der Waals surface area contributed by atoms with Crippen LogP contribution in [0.1, 0.15) is 23.6 Å². The molecule has 0 aliphatic rings. The van der Waals surface area contributed by atoms with Crippen molar-refractivity contribution in [3.8, 4) is 17.4 Å². The van der Waals surface area contributed by atoms with Crippen LogP contribution in [0.5, 0.6) is 17.4 Å². The second-order valence-electron chi connectivity index (χ2n) is 8.78. The average molecular weight is 529 g/mol. The molecule has 3 N–H and O–H groups in total. The third-order valence-electron chi connectivity index (χ3n) is 6.05. The SMILES string of the molecule is CCc1cnc(NCc2cc(Oc3ccc(CCNC(=O)O)cc3)nc(N(C)c3ccc(OC)cc3)c2)nc1. The molecule has 0 bridgehead atoms. The van der Waals surface area contributed by atoms with Crippen molar-refractivity contribution in [2.75, 3.05) is 30.9 Å². The van der Waals surface area contributed by atoms with Crippen LogP contribution in [0.2, 0.25) is 0 Å². The Morgan fingerprint density at radius 3 is 2.28 bits per heavy atom. The normalized spacial score (nSPS) is 10.5. The van der Waals surface area contributed by atoms with Crippen LogP contribution < -0.4 is 25.0 Å². The van der Waals surface area contributed by atoms with E-state index in [0.29, 0.717) is 42.9 Å². The van der Waals surface area contributed by atoms with E-state index in [9.17, 15) is 4.79 Å². The number of nitrogens with zero attached hydrogens (tertiary/aromatic N) is 4. The fraction of sp³-hybridized carbons (Fsp3) is 0.241. The predicted octanol–water partition coefficient (Wildman–Crippen LogP) is 5.43. The lowest BCUT2D eigenvalue weighted by Gasteiger charge is -2.20. The maximum Gasteiger partial charge on any atom is 0.404 e. The monoisotopic (exact) mass is 528 g/mol. The summed E-state index contributed by atoms with van der Waals surface area (Å²) in [5.74, 6) is 3.09. The number of rotatable bonds is 12. The molecule has 2 heterocycles. The van der Waals surface area contributed by atoms with Gasteiger partial charge in [0.25, 0.3) is 0 Å². The first-order chi connectivity index (χ1) is 18.9. The molecule has 0 fully saturated rings. The van der Waals surface area contributed by atoms with E-state index in [4.69, 9.17) is 19.6 Å². The van der Waals surface area contributed by atoms with Gasteiger partial charge in [0.1, 0.15) is 17.3 Å². The zero-order valence-electron chi connectivity index (χ0n) is 22.2. The lowest BCUT2D eigenvalue weighted by atomic mass is 10.1. The molecule has 10 heteroatoms. The van der Waals surface area contributed by atoms with Gasteiger partial charge in [-0.05, 0) is 72.0 Å². The van der Waals surface area contributed by atoms with Crippen molar-refractivity contribution in [2.45, 2.75) is 26.3 Å². The Kier molecular flexibility index (Phi) is 9.12. The van der Waals surface area contributed by atoms with E-state index in [-0.39, 0.29) is 0 Å². The lowest BCUT2D eigenvalue weighted by Crippen LogP contribution is -2.23. The zero-order chi connectivity index (χ0) is 27.6. The molecule has 1 amide bonds. The maximum atomic E-state index is 10.7.